The van der Waals surface area contributed by atoms with Gasteiger partial charge in [-0.1, -0.05) is 40.9 Å². The highest BCUT2D eigenvalue weighted by Gasteiger charge is 2.20. The van der Waals surface area contributed by atoms with Gasteiger partial charge in [0.15, 0.2) is 0 Å². The summed E-state index contributed by atoms with van der Waals surface area (Å²) in [5, 5.41) is 2.63. The molecule has 2 aromatic carbocycles. The number of thiophene rings is 1. The van der Waals surface area contributed by atoms with Crippen LogP contribution in [0.25, 0.3) is 10.1 Å². The van der Waals surface area contributed by atoms with Gasteiger partial charge in [0.2, 0.25) is 5.91 Å². The van der Waals surface area contributed by atoms with Gasteiger partial charge in [-0.05, 0) is 53.8 Å². The molecule has 1 amide bonds. The number of halogens is 3. The average Bonchev–Trinajstić information content (AvgIpc) is 2.89. The van der Waals surface area contributed by atoms with E-state index in [0.29, 0.717) is 21.5 Å². The second kappa shape index (κ2) is 6.70. The molecule has 0 aliphatic rings. The first-order valence-electron chi connectivity index (χ1n) is 6.86. The number of hydrogen-bond acceptors (Lipinski definition) is 2. The predicted molar refractivity (Wildman–Crippen MR) is 98.9 cm³/mol. The van der Waals surface area contributed by atoms with Gasteiger partial charge >= 0.3 is 0 Å². The fourth-order valence-corrected chi connectivity index (χ4v) is 4.06. The van der Waals surface area contributed by atoms with E-state index >= 15 is 0 Å². The van der Waals surface area contributed by atoms with Crippen molar-refractivity contribution in [3.05, 3.63) is 68.0 Å². The lowest BCUT2D eigenvalue weighted by Gasteiger charge is -2.13. The fraction of sp³-hybridized carbons (Fsp3) is 0.118. The molecule has 0 radical (unpaired) electrons. The largest absolute Gasteiger partial charge is 0.369 e. The smallest absolute Gasteiger partial charge is 0.225 e. The van der Waals surface area contributed by atoms with E-state index in [-0.39, 0.29) is 5.91 Å². The first kappa shape index (κ1) is 16.6. The van der Waals surface area contributed by atoms with E-state index in [1.165, 1.54) is 0 Å². The maximum absolute atomic E-state index is 11.9. The quantitative estimate of drug-likeness (QED) is 0.618. The van der Waals surface area contributed by atoms with Crippen LogP contribution >= 0.6 is 46.1 Å². The molecular weight excluding hydrogens is 373 g/mol. The second-order valence-electron chi connectivity index (χ2n) is 5.23. The van der Waals surface area contributed by atoms with Crippen LogP contribution in [0.5, 0.6) is 0 Å². The molecule has 0 saturated carbocycles. The third-order valence-electron chi connectivity index (χ3n) is 3.62. The number of carbonyl (C=O) groups excluding carboxylic acids is 1. The zero-order valence-electron chi connectivity index (χ0n) is 11.9. The number of nitrogens with two attached hydrogens (primary N) is 1. The van der Waals surface area contributed by atoms with Gasteiger partial charge in [0, 0.05) is 14.6 Å². The number of primary amides is 1. The Bertz CT molecular complexity index is 891. The Hall–Kier alpha value is -1.26. The van der Waals surface area contributed by atoms with Crippen molar-refractivity contribution < 1.29 is 4.79 Å². The zero-order valence-corrected chi connectivity index (χ0v) is 14.9. The van der Waals surface area contributed by atoms with Crippen molar-refractivity contribution in [2.45, 2.75) is 12.3 Å². The molecule has 6 heteroatoms. The van der Waals surface area contributed by atoms with E-state index in [9.17, 15) is 4.79 Å². The molecule has 0 spiro atoms. The maximum Gasteiger partial charge on any atom is 0.225 e. The standard InChI is InChI=1S/C17H12Cl3NOS/c18-11-2-4-16-10(5-11)6-12(23-16)8-13(17(21)22)9-1-3-14(19)15(20)7-9/h1-7,13H,8H2,(H2,21,22). The number of benzene rings is 2. The van der Waals surface area contributed by atoms with Crippen molar-refractivity contribution in [3.63, 3.8) is 0 Å². The topological polar surface area (TPSA) is 43.1 Å². The number of carbonyl (C=O) groups is 1. The van der Waals surface area contributed by atoms with Crippen LogP contribution in [0.3, 0.4) is 0 Å². The number of hydrogen-bond donors (Lipinski definition) is 1. The fourth-order valence-electron chi connectivity index (χ4n) is 2.48. The van der Waals surface area contributed by atoms with E-state index in [4.69, 9.17) is 40.5 Å². The Morgan fingerprint density at radius 1 is 1.04 bits per heavy atom. The molecule has 2 nitrogen and oxygen atoms in total. The highest BCUT2D eigenvalue weighted by molar-refractivity contribution is 7.19. The molecule has 0 aliphatic carbocycles. The van der Waals surface area contributed by atoms with Gasteiger partial charge in [-0.2, -0.15) is 0 Å². The minimum Gasteiger partial charge on any atom is -0.369 e. The third-order valence-corrected chi connectivity index (χ3v) is 5.74. The summed E-state index contributed by atoms with van der Waals surface area (Å²) in [5.41, 5.74) is 6.36. The lowest BCUT2D eigenvalue weighted by Crippen LogP contribution is -2.23. The zero-order chi connectivity index (χ0) is 16.6. The van der Waals surface area contributed by atoms with Crippen molar-refractivity contribution in [1.29, 1.82) is 0 Å². The Morgan fingerprint density at radius 2 is 1.83 bits per heavy atom. The van der Waals surface area contributed by atoms with Gasteiger partial charge in [-0.3, -0.25) is 4.79 Å². The highest BCUT2D eigenvalue weighted by atomic mass is 35.5. The molecule has 0 aliphatic heterocycles. The van der Waals surface area contributed by atoms with Crippen LogP contribution < -0.4 is 5.73 Å². The minimum absolute atomic E-state index is 0.390. The van der Waals surface area contributed by atoms with Crippen molar-refractivity contribution in [3.8, 4) is 0 Å². The third kappa shape index (κ3) is 3.64. The van der Waals surface area contributed by atoms with Gasteiger partial charge in [-0.25, -0.2) is 0 Å². The van der Waals surface area contributed by atoms with Gasteiger partial charge in [0.1, 0.15) is 0 Å². The Morgan fingerprint density at radius 3 is 2.52 bits per heavy atom. The van der Waals surface area contributed by atoms with Gasteiger partial charge in [0.25, 0.3) is 0 Å². The molecule has 3 rings (SSSR count). The number of rotatable bonds is 4. The van der Waals surface area contributed by atoms with Crippen LogP contribution in [-0.4, -0.2) is 5.91 Å². The monoisotopic (exact) mass is 383 g/mol. The van der Waals surface area contributed by atoms with Crippen LogP contribution in [-0.2, 0) is 11.2 Å². The van der Waals surface area contributed by atoms with E-state index < -0.39 is 5.92 Å². The summed E-state index contributed by atoms with van der Waals surface area (Å²) in [6.45, 7) is 0. The molecule has 1 aromatic heterocycles. The summed E-state index contributed by atoms with van der Waals surface area (Å²) in [5.74, 6) is -0.841. The molecule has 0 saturated heterocycles. The summed E-state index contributed by atoms with van der Waals surface area (Å²) in [7, 11) is 0. The van der Waals surface area contributed by atoms with Gasteiger partial charge in [0.05, 0.1) is 16.0 Å². The molecule has 2 N–H and O–H groups in total. The SMILES string of the molecule is NC(=O)C(Cc1cc2cc(Cl)ccc2s1)c1ccc(Cl)c(Cl)c1. The molecule has 3 aromatic rings. The minimum atomic E-state index is -0.451. The van der Waals surface area contributed by atoms with Crippen LogP contribution in [0.4, 0.5) is 0 Å². The van der Waals surface area contributed by atoms with Gasteiger partial charge in [-0.15, -0.1) is 11.3 Å². The summed E-state index contributed by atoms with van der Waals surface area (Å²) in [6, 6.07) is 12.9. The Balaban J connectivity index is 1.94. The average molecular weight is 385 g/mol. The van der Waals surface area contributed by atoms with Crippen molar-refractivity contribution in [1.82, 2.24) is 0 Å². The van der Waals surface area contributed by atoms with E-state index in [1.807, 2.05) is 24.3 Å². The molecule has 1 heterocycles. The van der Waals surface area contributed by atoms with E-state index in [2.05, 4.69) is 0 Å². The Kier molecular flexibility index (Phi) is 4.83. The van der Waals surface area contributed by atoms with Crippen LogP contribution in [0.1, 0.15) is 16.4 Å². The predicted octanol–water partition coefficient (Wildman–Crippen LogP) is 5.67. The van der Waals surface area contributed by atoms with Gasteiger partial charge < -0.3 is 5.73 Å². The maximum atomic E-state index is 11.9. The van der Waals surface area contributed by atoms with Crippen molar-refractivity contribution in [2.24, 2.45) is 5.73 Å². The summed E-state index contributed by atoms with van der Waals surface area (Å²) < 4.78 is 1.13. The lowest BCUT2D eigenvalue weighted by atomic mass is 9.94. The van der Waals surface area contributed by atoms with E-state index in [0.717, 1.165) is 20.5 Å². The first-order chi connectivity index (χ1) is 10.9. The van der Waals surface area contributed by atoms with Crippen LogP contribution in [0, 0.1) is 0 Å². The number of fused-ring (bicyclic) bond motifs is 1. The molecule has 23 heavy (non-hydrogen) atoms. The normalized spacial score (nSPS) is 12.5. The van der Waals surface area contributed by atoms with Crippen molar-refractivity contribution in [2.75, 3.05) is 0 Å². The molecule has 0 bridgehead atoms. The van der Waals surface area contributed by atoms with Crippen molar-refractivity contribution >= 4 is 62.1 Å². The Labute approximate surface area is 152 Å². The molecule has 0 fully saturated rings. The molecule has 1 atom stereocenters. The lowest BCUT2D eigenvalue weighted by molar-refractivity contribution is -0.119. The van der Waals surface area contributed by atoms with E-state index in [1.54, 1.807) is 29.5 Å². The molecule has 118 valence electrons. The van der Waals surface area contributed by atoms with Crippen LogP contribution in [0.15, 0.2) is 42.5 Å². The summed E-state index contributed by atoms with van der Waals surface area (Å²) >= 11 is 19.6. The first-order valence-corrected chi connectivity index (χ1v) is 8.81. The van der Waals surface area contributed by atoms with Crippen LogP contribution in [0.2, 0.25) is 15.1 Å². The second-order valence-corrected chi connectivity index (χ2v) is 7.65. The molecule has 1 unspecified atom stereocenters. The number of amides is 1. The molecular formula is C17H12Cl3NOS. The summed E-state index contributed by atoms with van der Waals surface area (Å²) in [6.07, 6.45) is 0.518. The summed E-state index contributed by atoms with van der Waals surface area (Å²) in [4.78, 5) is 13.0. The highest BCUT2D eigenvalue weighted by Crippen LogP contribution is 2.33.